The van der Waals surface area contributed by atoms with Gasteiger partial charge in [-0.2, -0.15) is 0 Å². The van der Waals surface area contributed by atoms with Crippen molar-refractivity contribution in [3.8, 4) is 0 Å². The molecule has 1 rings (SSSR count). The molecule has 1 amide bonds. The summed E-state index contributed by atoms with van der Waals surface area (Å²) < 4.78 is 23.3. The highest BCUT2D eigenvalue weighted by Crippen LogP contribution is 2.20. The number of rotatable bonds is 5. The van der Waals surface area contributed by atoms with Gasteiger partial charge < -0.3 is 5.32 Å². The van der Waals surface area contributed by atoms with E-state index < -0.39 is 10.0 Å². The third-order valence-corrected chi connectivity index (χ3v) is 4.79. The van der Waals surface area contributed by atoms with Gasteiger partial charge in [0.05, 0.1) is 4.90 Å². The van der Waals surface area contributed by atoms with Crippen molar-refractivity contribution in [3.63, 3.8) is 0 Å². The molecule has 0 bridgehead atoms. The first-order valence-electron chi connectivity index (χ1n) is 6.27. The number of benzene rings is 1. The van der Waals surface area contributed by atoms with Gasteiger partial charge in [0.15, 0.2) is 0 Å². The minimum Gasteiger partial charge on any atom is -0.347 e. The molecular formula is C13H19BrN2O3S. The second kappa shape index (κ2) is 6.24. The second-order valence-electron chi connectivity index (χ2n) is 4.94. The Hall–Kier alpha value is -0.920. The fourth-order valence-electron chi connectivity index (χ4n) is 1.63. The van der Waals surface area contributed by atoms with Gasteiger partial charge in [-0.25, -0.2) is 13.6 Å². The lowest BCUT2D eigenvalue weighted by molar-refractivity contribution is 0.0900. The largest absolute Gasteiger partial charge is 0.347 e. The van der Waals surface area contributed by atoms with Crippen molar-refractivity contribution in [1.29, 1.82) is 0 Å². The Morgan fingerprint density at radius 1 is 1.30 bits per heavy atom. The van der Waals surface area contributed by atoms with Crippen LogP contribution >= 0.6 is 15.9 Å². The van der Waals surface area contributed by atoms with Crippen molar-refractivity contribution in [3.05, 3.63) is 28.2 Å². The van der Waals surface area contributed by atoms with E-state index in [2.05, 4.69) is 21.2 Å². The van der Waals surface area contributed by atoms with Crippen molar-refractivity contribution in [2.75, 3.05) is 0 Å². The van der Waals surface area contributed by atoms with Gasteiger partial charge in [0.25, 0.3) is 5.91 Å². The first-order chi connectivity index (χ1) is 9.11. The van der Waals surface area contributed by atoms with Crippen molar-refractivity contribution in [1.82, 2.24) is 5.32 Å². The van der Waals surface area contributed by atoms with E-state index in [0.717, 1.165) is 12.8 Å². The Labute approximate surface area is 128 Å². The van der Waals surface area contributed by atoms with Crippen molar-refractivity contribution >= 4 is 31.9 Å². The molecule has 0 aromatic heterocycles. The van der Waals surface area contributed by atoms with E-state index in [-0.39, 0.29) is 21.9 Å². The monoisotopic (exact) mass is 362 g/mol. The smallest absolute Gasteiger partial charge is 0.251 e. The zero-order valence-electron chi connectivity index (χ0n) is 11.7. The third kappa shape index (κ3) is 4.29. The number of hydrogen-bond donors (Lipinski definition) is 2. The van der Waals surface area contributed by atoms with E-state index in [1.165, 1.54) is 12.1 Å². The first-order valence-corrected chi connectivity index (χ1v) is 8.61. The van der Waals surface area contributed by atoms with Crippen molar-refractivity contribution in [2.24, 2.45) is 5.14 Å². The summed E-state index contributed by atoms with van der Waals surface area (Å²) in [5.41, 5.74) is -0.0576. The van der Waals surface area contributed by atoms with E-state index in [1.807, 2.05) is 20.8 Å². The Morgan fingerprint density at radius 2 is 1.85 bits per heavy atom. The Morgan fingerprint density at radius 3 is 2.30 bits per heavy atom. The van der Waals surface area contributed by atoms with Crippen LogP contribution in [-0.2, 0) is 10.0 Å². The molecule has 0 aliphatic heterocycles. The van der Waals surface area contributed by atoms with Crippen molar-refractivity contribution < 1.29 is 13.2 Å². The molecule has 5 nitrogen and oxygen atoms in total. The lowest BCUT2D eigenvalue weighted by Gasteiger charge is -2.28. The van der Waals surface area contributed by atoms with E-state index in [1.54, 1.807) is 6.07 Å². The predicted molar refractivity (Wildman–Crippen MR) is 82.0 cm³/mol. The molecule has 3 N–H and O–H groups in total. The number of sulfonamides is 1. The molecule has 0 spiro atoms. The molecule has 0 radical (unpaired) electrons. The normalized spacial score (nSPS) is 12.2. The Kier molecular flexibility index (Phi) is 5.34. The minimum absolute atomic E-state index is 0.0910. The molecule has 0 atom stereocenters. The molecule has 0 unspecified atom stereocenters. The highest BCUT2D eigenvalue weighted by atomic mass is 79.9. The maximum Gasteiger partial charge on any atom is 0.251 e. The molecule has 0 heterocycles. The molecule has 0 aliphatic carbocycles. The van der Waals surface area contributed by atoms with Gasteiger partial charge in [-0.1, -0.05) is 29.8 Å². The number of primary sulfonamides is 1. The number of nitrogens with two attached hydrogens (primary N) is 1. The summed E-state index contributed by atoms with van der Waals surface area (Å²) in [7, 11) is -3.85. The second-order valence-corrected chi connectivity index (χ2v) is 7.42. The van der Waals surface area contributed by atoms with Crippen LogP contribution in [0.5, 0.6) is 0 Å². The van der Waals surface area contributed by atoms with Gasteiger partial charge in [0.1, 0.15) is 0 Å². The van der Waals surface area contributed by atoms with Gasteiger partial charge >= 0.3 is 0 Å². The average Bonchev–Trinajstić information content (AvgIpc) is 2.36. The Balaban J connectivity index is 3.15. The molecule has 1 aromatic carbocycles. The predicted octanol–water partition coefficient (Wildman–Crippen LogP) is 2.41. The molecule has 0 fully saturated rings. The van der Waals surface area contributed by atoms with E-state index in [9.17, 15) is 13.2 Å². The van der Waals surface area contributed by atoms with Gasteiger partial charge in [0, 0.05) is 15.6 Å². The summed E-state index contributed by atoms with van der Waals surface area (Å²) in [6, 6.07) is 4.21. The van der Waals surface area contributed by atoms with Gasteiger partial charge in [0.2, 0.25) is 10.0 Å². The van der Waals surface area contributed by atoms with Gasteiger partial charge in [-0.3, -0.25) is 4.79 Å². The van der Waals surface area contributed by atoms with E-state index in [0.29, 0.717) is 4.47 Å². The summed E-state index contributed by atoms with van der Waals surface area (Å²) in [5, 5.41) is 8.01. The number of halogens is 1. The highest BCUT2D eigenvalue weighted by Gasteiger charge is 2.23. The fraction of sp³-hybridized carbons (Fsp3) is 0.462. The molecule has 112 valence electrons. The number of hydrogen-bond acceptors (Lipinski definition) is 3. The van der Waals surface area contributed by atoms with E-state index in [4.69, 9.17) is 5.14 Å². The standard InChI is InChI=1S/C13H19BrN2O3S/c1-4-13(3,5-2)16-12(17)9-6-10(14)8-11(7-9)20(15,18)19/h6-8H,4-5H2,1-3H3,(H,16,17)(H2,15,18,19). The van der Waals surface area contributed by atoms with Crippen LogP contribution in [-0.4, -0.2) is 19.9 Å². The average molecular weight is 363 g/mol. The lowest BCUT2D eigenvalue weighted by Crippen LogP contribution is -2.45. The van der Waals surface area contributed by atoms with Crippen LogP contribution in [0.15, 0.2) is 27.6 Å². The van der Waals surface area contributed by atoms with Crippen LogP contribution in [0.2, 0.25) is 0 Å². The molecule has 0 saturated heterocycles. The van der Waals surface area contributed by atoms with Gasteiger partial charge in [-0.15, -0.1) is 0 Å². The van der Waals surface area contributed by atoms with Crippen LogP contribution < -0.4 is 10.5 Å². The summed E-state index contributed by atoms with van der Waals surface area (Å²) in [5.74, 6) is -0.317. The first kappa shape index (κ1) is 17.1. The summed E-state index contributed by atoms with van der Waals surface area (Å²) in [4.78, 5) is 12.2. The fourth-order valence-corrected chi connectivity index (χ4v) is 2.86. The molecule has 7 heteroatoms. The van der Waals surface area contributed by atoms with Crippen LogP contribution in [0.25, 0.3) is 0 Å². The quantitative estimate of drug-likeness (QED) is 0.842. The highest BCUT2D eigenvalue weighted by molar-refractivity contribution is 9.10. The summed E-state index contributed by atoms with van der Waals surface area (Å²) >= 11 is 3.19. The zero-order valence-corrected chi connectivity index (χ0v) is 14.1. The number of carbonyl (C=O) groups excluding carboxylic acids is 1. The summed E-state index contributed by atoms with van der Waals surface area (Å²) in [6.45, 7) is 5.92. The number of amides is 1. The Bertz CT molecular complexity index is 610. The topological polar surface area (TPSA) is 89.3 Å². The minimum atomic E-state index is -3.85. The van der Waals surface area contributed by atoms with Crippen molar-refractivity contribution in [2.45, 2.75) is 44.0 Å². The third-order valence-electron chi connectivity index (χ3n) is 3.44. The maximum atomic E-state index is 12.2. The van der Waals surface area contributed by atoms with Crippen LogP contribution in [0, 0.1) is 0 Å². The summed E-state index contributed by atoms with van der Waals surface area (Å²) in [6.07, 6.45) is 1.57. The molecular weight excluding hydrogens is 344 g/mol. The van der Waals surface area contributed by atoms with E-state index >= 15 is 0 Å². The molecule has 1 aromatic rings. The van der Waals surface area contributed by atoms with Crippen LogP contribution in [0.3, 0.4) is 0 Å². The van der Waals surface area contributed by atoms with Crippen LogP contribution in [0.1, 0.15) is 44.0 Å². The maximum absolute atomic E-state index is 12.2. The SMILES string of the molecule is CCC(C)(CC)NC(=O)c1cc(Br)cc(S(N)(=O)=O)c1. The molecule has 0 saturated carbocycles. The molecule has 20 heavy (non-hydrogen) atoms. The number of nitrogens with one attached hydrogen (secondary N) is 1. The van der Waals surface area contributed by atoms with Gasteiger partial charge in [-0.05, 0) is 38.0 Å². The molecule has 0 aliphatic rings. The van der Waals surface area contributed by atoms with Crippen LogP contribution in [0.4, 0.5) is 0 Å². The zero-order chi connectivity index (χ0) is 15.6. The number of carbonyl (C=O) groups is 1. The lowest BCUT2D eigenvalue weighted by atomic mass is 9.95.